The molecular formula is C16H18N6. The minimum absolute atomic E-state index is 0.326. The third-order valence-corrected chi connectivity index (χ3v) is 3.71. The minimum Gasteiger partial charge on any atom is -0.368 e. The van der Waals surface area contributed by atoms with Crippen molar-refractivity contribution in [1.29, 1.82) is 0 Å². The highest BCUT2D eigenvalue weighted by atomic mass is 15.4. The molecule has 6 nitrogen and oxygen atoms in total. The van der Waals surface area contributed by atoms with Crippen LogP contribution in [0.4, 0.5) is 5.95 Å². The molecular weight excluding hydrogens is 276 g/mol. The molecule has 0 unspecified atom stereocenters. The van der Waals surface area contributed by atoms with Crippen molar-refractivity contribution >= 4 is 17.2 Å². The fraction of sp³-hybridized carbons (Fsp3) is 0.250. The number of allylic oxidation sites excluding steroid dienone is 2. The zero-order valence-electron chi connectivity index (χ0n) is 13.1. The number of anilines is 1. The Labute approximate surface area is 128 Å². The van der Waals surface area contributed by atoms with Crippen LogP contribution in [-0.4, -0.2) is 24.6 Å². The molecule has 2 N–H and O–H groups in total. The molecule has 0 aliphatic rings. The number of fused-ring (bicyclic) bond motifs is 1. The Morgan fingerprint density at radius 1 is 1.14 bits per heavy atom. The highest BCUT2D eigenvalue weighted by Gasteiger charge is 2.17. The van der Waals surface area contributed by atoms with Crippen LogP contribution in [0.15, 0.2) is 30.0 Å². The number of aromatic nitrogens is 5. The van der Waals surface area contributed by atoms with Crippen molar-refractivity contribution in [2.75, 3.05) is 5.73 Å². The first-order chi connectivity index (χ1) is 10.5. The Kier molecular flexibility index (Phi) is 3.36. The van der Waals surface area contributed by atoms with E-state index in [0.717, 1.165) is 16.8 Å². The molecule has 0 aliphatic heterocycles. The summed E-state index contributed by atoms with van der Waals surface area (Å²) in [7, 11) is 0. The van der Waals surface area contributed by atoms with E-state index in [9.17, 15) is 0 Å². The van der Waals surface area contributed by atoms with Crippen LogP contribution in [0.2, 0.25) is 0 Å². The van der Waals surface area contributed by atoms with Gasteiger partial charge in [-0.15, -0.1) is 5.10 Å². The van der Waals surface area contributed by atoms with Crippen LogP contribution in [0.25, 0.3) is 22.7 Å². The zero-order chi connectivity index (χ0) is 15.9. The van der Waals surface area contributed by atoms with Crippen LogP contribution < -0.4 is 5.73 Å². The van der Waals surface area contributed by atoms with Crippen molar-refractivity contribution in [2.24, 2.45) is 0 Å². The third kappa shape index (κ3) is 2.22. The molecule has 3 aromatic rings. The number of rotatable bonds is 2. The lowest BCUT2D eigenvalue weighted by Gasteiger charge is -2.10. The van der Waals surface area contributed by atoms with Gasteiger partial charge in [-0.25, -0.2) is 9.97 Å². The van der Waals surface area contributed by atoms with Gasteiger partial charge < -0.3 is 5.73 Å². The normalized spacial score (nSPS) is 10.9. The molecule has 22 heavy (non-hydrogen) atoms. The van der Waals surface area contributed by atoms with Crippen molar-refractivity contribution < 1.29 is 0 Å². The second kappa shape index (κ2) is 5.22. The predicted octanol–water partition coefficient (Wildman–Crippen LogP) is 2.89. The van der Waals surface area contributed by atoms with E-state index in [0.29, 0.717) is 23.1 Å². The van der Waals surface area contributed by atoms with E-state index in [1.165, 1.54) is 5.57 Å². The summed E-state index contributed by atoms with van der Waals surface area (Å²) in [4.78, 5) is 13.3. The van der Waals surface area contributed by atoms with Crippen molar-refractivity contribution in [1.82, 2.24) is 24.6 Å². The maximum absolute atomic E-state index is 6.01. The summed E-state index contributed by atoms with van der Waals surface area (Å²) in [6, 6.07) is 5.64. The van der Waals surface area contributed by atoms with E-state index in [1.54, 1.807) is 10.7 Å². The molecule has 0 bridgehead atoms. The summed E-state index contributed by atoms with van der Waals surface area (Å²) < 4.78 is 1.58. The third-order valence-electron chi connectivity index (χ3n) is 3.71. The number of hydrogen-bond donors (Lipinski definition) is 1. The van der Waals surface area contributed by atoms with Gasteiger partial charge >= 0.3 is 0 Å². The van der Waals surface area contributed by atoms with E-state index in [1.807, 2.05) is 25.1 Å². The van der Waals surface area contributed by atoms with Crippen molar-refractivity contribution in [3.63, 3.8) is 0 Å². The topological polar surface area (TPSA) is 82.0 Å². The molecule has 0 saturated carbocycles. The van der Waals surface area contributed by atoms with Crippen LogP contribution in [0.5, 0.6) is 0 Å². The monoisotopic (exact) mass is 294 g/mol. The second-order valence-electron chi connectivity index (χ2n) is 5.44. The van der Waals surface area contributed by atoms with E-state index in [2.05, 4.69) is 40.8 Å². The van der Waals surface area contributed by atoms with Gasteiger partial charge in [-0.1, -0.05) is 11.6 Å². The molecule has 0 aromatic carbocycles. The maximum Gasteiger partial charge on any atom is 0.223 e. The van der Waals surface area contributed by atoms with Crippen LogP contribution in [0.1, 0.15) is 32.0 Å². The molecule has 0 atom stereocenters. The van der Waals surface area contributed by atoms with Gasteiger partial charge in [-0.3, -0.25) is 4.98 Å². The quantitative estimate of drug-likeness (QED) is 0.786. The fourth-order valence-electron chi connectivity index (χ4n) is 2.36. The Balaban J connectivity index is 2.34. The zero-order valence-corrected chi connectivity index (χ0v) is 13.1. The van der Waals surface area contributed by atoms with Gasteiger partial charge in [0.25, 0.3) is 0 Å². The lowest BCUT2D eigenvalue weighted by molar-refractivity contribution is 0.924. The molecule has 3 aromatic heterocycles. The highest BCUT2D eigenvalue weighted by Crippen LogP contribution is 2.27. The van der Waals surface area contributed by atoms with Crippen LogP contribution in [0.3, 0.4) is 0 Å². The van der Waals surface area contributed by atoms with Crippen molar-refractivity contribution in [2.45, 2.75) is 27.7 Å². The first kappa shape index (κ1) is 14.2. The second-order valence-corrected chi connectivity index (χ2v) is 5.44. The number of pyridine rings is 1. The SMILES string of the molecule is CC(C)=C(C)c1c(C)nc(N)n2nc(-c3ccccn3)nc12. The Bertz CT molecular complexity index is 873. The van der Waals surface area contributed by atoms with E-state index < -0.39 is 0 Å². The first-order valence-electron chi connectivity index (χ1n) is 7.07. The highest BCUT2D eigenvalue weighted by molar-refractivity contribution is 5.79. The smallest absolute Gasteiger partial charge is 0.223 e. The van der Waals surface area contributed by atoms with Crippen molar-refractivity contribution in [3.05, 3.63) is 41.2 Å². The number of nitrogens with two attached hydrogens (primary N) is 1. The fourth-order valence-corrected chi connectivity index (χ4v) is 2.36. The summed E-state index contributed by atoms with van der Waals surface area (Å²) >= 11 is 0. The summed E-state index contributed by atoms with van der Waals surface area (Å²) in [5.41, 5.74) is 11.6. The number of nitrogens with zero attached hydrogens (tertiary/aromatic N) is 5. The average Bonchev–Trinajstić information content (AvgIpc) is 2.93. The largest absolute Gasteiger partial charge is 0.368 e. The summed E-state index contributed by atoms with van der Waals surface area (Å²) in [6.45, 7) is 8.13. The Morgan fingerprint density at radius 3 is 2.55 bits per heavy atom. The van der Waals surface area contributed by atoms with Crippen LogP contribution in [0, 0.1) is 6.92 Å². The lowest BCUT2D eigenvalue weighted by atomic mass is 10.0. The number of aryl methyl sites for hydroxylation is 1. The molecule has 0 fully saturated rings. The molecule has 3 rings (SSSR count). The van der Waals surface area contributed by atoms with Gasteiger partial charge in [0.2, 0.25) is 11.8 Å². The molecule has 0 aliphatic carbocycles. The molecule has 0 amide bonds. The van der Waals surface area contributed by atoms with E-state index in [-0.39, 0.29) is 0 Å². The van der Waals surface area contributed by atoms with Crippen molar-refractivity contribution in [3.8, 4) is 11.5 Å². The number of hydrogen-bond acceptors (Lipinski definition) is 5. The predicted molar refractivity (Wildman–Crippen MR) is 87.1 cm³/mol. The molecule has 112 valence electrons. The van der Waals surface area contributed by atoms with Gasteiger partial charge in [0.15, 0.2) is 5.65 Å². The van der Waals surface area contributed by atoms with Gasteiger partial charge in [0.1, 0.15) is 5.69 Å². The van der Waals surface area contributed by atoms with Gasteiger partial charge in [0, 0.05) is 11.8 Å². The molecule has 0 radical (unpaired) electrons. The standard InChI is InChI=1S/C16H18N6/c1-9(2)10(3)13-11(4)19-16(17)22-15(13)20-14(21-22)12-7-5-6-8-18-12/h5-8H,1-4H3,(H2,17,19). The van der Waals surface area contributed by atoms with Gasteiger partial charge in [0.05, 0.1) is 5.69 Å². The average molecular weight is 294 g/mol. The van der Waals surface area contributed by atoms with E-state index >= 15 is 0 Å². The Morgan fingerprint density at radius 2 is 1.91 bits per heavy atom. The summed E-state index contributed by atoms with van der Waals surface area (Å²) in [5, 5.41) is 4.46. The Hall–Kier alpha value is -2.76. The summed E-state index contributed by atoms with van der Waals surface area (Å²) in [5.74, 6) is 0.870. The molecule has 0 saturated heterocycles. The van der Waals surface area contributed by atoms with E-state index in [4.69, 9.17) is 5.73 Å². The first-order valence-corrected chi connectivity index (χ1v) is 7.07. The number of nitrogen functional groups attached to an aromatic ring is 1. The minimum atomic E-state index is 0.326. The van der Waals surface area contributed by atoms with Crippen LogP contribution >= 0.6 is 0 Å². The maximum atomic E-state index is 6.01. The molecule has 0 spiro atoms. The summed E-state index contributed by atoms with van der Waals surface area (Å²) in [6.07, 6.45) is 1.72. The van der Waals surface area contributed by atoms with Crippen LogP contribution in [-0.2, 0) is 0 Å². The van der Waals surface area contributed by atoms with Gasteiger partial charge in [-0.05, 0) is 45.4 Å². The van der Waals surface area contributed by atoms with Gasteiger partial charge in [-0.2, -0.15) is 4.52 Å². The molecule has 3 heterocycles. The molecule has 6 heteroatoms. The lowest BCUT2D eigenvalue weighted by Crippen LogP contribution is -2.07.